The largest absolute Gasteiger partial charge is 0.457 e. The van der Waals surface area contributed by atoms with E-state index in [1.54, 1.807) is 19.9 Å². The van der Waals surface area contributed by atoms with Crippen LogP contribution >= 0.6 is 0 Å². The van der Waals surface area contributed by atoms with Crippen molar-refractivity contribution in [1.82, 2.24) is 14.9 Å². The highest BCUT2D eigenvalue weighted by Gasteiger charge is 2.36. The number of hydrogen-bond acceptors (Lipinski definition) is 7. The minimum Gasteiger partial charge on any atom is -0.457 e. The maximum absolute atomic E-state index is 14.8. The van der Waals surface area contributed by atoms with Crippen LogP contribution in [0.2, 0.25) is 0 Å². The number of ether oxygens (including phenoxy) is 1. The molecule has 1 aliphatic rings. The summed E-state index contributed by atoms with van der Waals surface area (Å²) < 4.78 is 53.9. The van der Waals surface area contributed by atoms with Gasteiger partial charge in [-0.15, -0.1) is 5.10 Å². The van der Waals surface area contributed by atoms with Crippen LogP contribution in [0, 0.1) is 19.7 Å². The van der Waals surface area contributed by atoms with E-state index in [2.05, 4.69) is 14.9 Å². The predicted octanol–water partition coefficient (Wildman–Crippen LogP) is 2.61. The van der Waals surface area contributed by atoms with Gasteiger partial charge in [-0.3, -0.25) is 0 Å². The van der Waals surface area contributed by atoms with Crippen LogP contribution in [0.15, 0.2) is 44.4 Å². The summed E-state index contributed by atoms with van der Waals surface area (Å²) in [4.78, 5) is 23.3. The molecule has 0 aliphatic carbocycles. The number of benzene rings is 2. The molecule has 32 heavy (non-hydrogen) atoms. The van der Waals surface area contributed by atoms with E-state index in [-0.39, 0.29) is 34.1 Å². The van der Waals surface area contributed by atoms with Crippen molar-refractivity contribution in [3.63, 3.8) is 0 Å². The van der Waals surface area contributed by atoms with Crippen LogP contribution in [0.4, 0.5) is 4.39 Å². The quantitative estimate of drug-likeness (QED) is 0.540. The van der Waals surface area contributed by atoms with Crippen LogP contribution in [-0.4, -0.2) is 24.6 Å². The Morgan fingerprint density at radius 3 is 2.62 bits per heavy atom. The summed E-state index contributed by atoms with van der Waals surface area (Å²) in [7, 11) is -4.26. The lowest BCUT2D eigenvalue weighted by atomic mass is 9.88. The smallest absolute Gasteiger partial charge is 0.434 e. The molecule has 2 N–H and O–H groups in total. The molecule has 2 atom stereocenters. The number of sulfonamides is 1. The van der Waals surface area contributed by atoms with Crippen molar-refractivity contribution in [2.75, 3.05) is 0 Å². The van der Waals surface area contributed by atoms with E-state index >= 15 is 0 Å². The maximum Gasteiger partial charge on any atom is 0.434 e. The summed E-state index contributed by atoms with van der Waals surface area (Å²) in [6, 6.07) is 5.94. The Morgan fingerprint density at radius 1 is 1.19 bits per heavy atom. The average Bonchev–Trinajstić information content (AvgIpc) is 3.35. The van der Waals surface area contributed by atoms with Crippen molar-refractivity contribution in [3.05, 3.63) is 80.4 Å². The Balaban J connectivity index is 1.81. The molecular weight excluding hydrogens is 441 g/mol. The van der Waals surface area contributed by atoms with Gasteiger partial charge < -0.3 is 9.15 Å². The number of fused-ring (bicyclic) bond motifs is 1. The molecule has 0 spiro atoms. The summed E-state index contributed by atoms with van der Waals surface area (Å²) in [6.07, 6.45) is 0. The molecule has 168 valence electrons. The molecule has 2 aromatic carbocycles. The van der Waals surface area contributed by atoms with Gasteiger partial charge in [-0.2, -0.15) is 4.72 Å². The minimum atomic E-state index is -4.26. The fourth-order valence-corrected chi connectivity index (χ4v) is 5.39. The van der Waals surface area contributed by atoms with Gasteiger partial charge in [0.15, 0.2) is 0 Å². The molecule has 2 unspecified atom stereocenters. The van der Waals surface area contributed by atoms with Gasteiger partial charge in [-0.05, 0) is 48.7 Å². The molecule has 11 heteroatoms. The topological polar surface area (TPSA) is 131 Å². The van der Waals surface area contributed by atoms with Crippen LogP contribution in [-0.2, 0) is 21.4 Å². The van der Waals surface area contributed by atoms with E-state index in [0.29, 0.717) is 5.56 Å². The third-order valence-electron chi connectivity index (χ3n) is 5.68. The highest BCUT2D eigenvalue weighted by molar-refractivity contribution is 7.89. The lowest BCUT2D eigenvalue weighted by Crippen LogP contribution is -2.33. The number of cyclic esters (lactones) is 1. The number of rotatable bonds is 6. The Bertz CT molecular complexity index is 1380. The number of carbonyl (C=O) groups is 1. The molecular formula is C21H20FN3O6S. The fraction of sp³-hybridized carbons (Fsp3) is 0.286. The maximum atomic E-state index is 14.8. The zero-order valence-corrected chi connectivity index (χ0v) is 18.2. The molecule has 0 saturated carbocycles. The molecule has 2 heterocycles. The van der Waals surface area contributed by atoms with Gasteiger partial charge in [0.1, 0.15) is 18.5 Å². The number of H-pyrrole nitrogens is 1. The number of carbonyl (C=O) groups excluding carboxylic acids is 1. The van der Waals surface area contributed by atoms with Gasteiger partial charge in [0, 0.05) is 11.5 Å². The Kier molecular flexibility index (Phi) is 5.47. The number of aromatic amines is 1. The van der Waals surface area contributed by atoms with Gasteiger partial charge in [0.05, 0.1) is 10.5 Å². The lowest BCUT2D eigenvalue weighted by Gasteiger charge is -2.25. The number of aromatic nitrogens is 2. The van der Waals surface area contributed by atoms with Crippen molar-refractivity contribution >= 4 is 16.0 Å². The molecule has 0 amide bonds. The van der Waals surface area contributed by atoms with Gasteiger partial charge in [-0.1, -0.05) is 19.1 Å². The second kappa shape index (κ2) is 7.99. The van der Waals surface area contributed by atoms with Crippen molar-refractivity contribution in [1.29, 1.82) is 0 Å². The molecule has 1 aromatic heterocycles. The minimum absolute atomic E-state index is 0.155. The van der Waals surface area contributed by atoms with E-state index in [1.807, 2.05) is 6.92 Å². The summed E-state index contributed by atoms with van der Waals surface area (Å²) >= 11 is 0. The van der Waals surface area contributed by atoms with E-state index in [0.717, 1.165) is 5.56 Å². The first-order valence-corrected chi connectivity index (χ1v) is 11.2. The molecule has 3 aromatic rings. The molecule has 1 aliphatic heterocycles. The third kappa shape index (κ3) is 3.73. The van der Waals surface area contributed by atoms with E-state index in [1.165, 1.54) is 24.3 Å². The van der Waals surface area contributed by atoms with Gasteiger partial charge in [-0.25, -0.2) is 27.5 Å². The van der Waals surface area contributed by atoms with Crippen molar-refractivity contribution < 1.29 is 26.8 Å². The van der Waals surface area contributed by atoms with Gasteiger partial charge in [0.25, 0.3) is 0 Å². The van der Waals surface area contributed by atoms with Gasteiger partial charge in [0.2, 0.25) is 15.9 Å². The van der Waals surface area contributed by atoms with E-state index in [9.17, 15) is 22.4 Å². The third-order valence-corrected chi connectivity index (χ3v) is 7.21. The SMILES string of the molecule is Cc1ccc(F)c(C(C)C(NS(=O)(=O)c2cccc3c2COC3=O)c2n[nH]c(=O)o2)c1C. The summed E-state index contributed by atoms with van der Waals surface area (Å²) in [5.41, 5.74) is 2.09. The standard InChI is InChI=1S/C21H20FN3O6S/c1-10-7-8-15(22)17(11(10)2)12(3)18(19-23-24-21(27)31-19)25-32(28,29)16-6-4-5-13-14(16)9-30-20(13)26/h4-8,12,18,25H,9H2,1-3H3,(H,24,27). The summed E-state index contributed by atoms with van der Waals surface area (Å²) in [5, 5.41) is 5.88. The van der Waals surface area contributed by atoms with Crippen LogP contribution < -0.4 is 10.5 Å². The Labute approximate surface area is 182 Å². The first-order valence-electron chi connectivity index (χ1n) is 9.72. The normalized spacial score (nSPS) is 15.3. The highest BCUT2D eigenvalue weighted by atomic mass is 32.2. The second-order valence-corrected chi connectivity index (χ2v) is 9.28. The number of nitrogens with one attached hydrogen (secondary N) is 2. The Morgan fingerprint density at radius 2 is 1.94 bits per heavy atom. The first kappa shape index (κ1) is 21.9. The van der Waals surface area contributed by atoms with E-state index < -0.39 is 39.5 Å². The Hall–Kier alpha value is -3.31. The van der Waals surface area contributed by atoms with Crippen LogP contribution in [0.3, 0.4) is 0 Å². The van der Waals surface area contributed by atoms with Crippen LogP contribution in [0.25, 0.3) is 0 Å². The molecule has 0 radical (unpaired) electrons. The number of hydrogen-bond donors (Lipinski definition) is 2. The number of aryl methyl sites for hydroxylation is 1. The van der Waals surface area contributed by atoms with Crippen molar-refractivity contribution in [3.8, 4) is 0 Å². The zero-order chi connectivity index (χ0) is 23.2. The molecule has 0 bridgehead atoms. The lowest BCUT2D eigenvalue weighted by molar-refractivity contribution is 0.0534. The zero-order valence-electron chi connectivity index (χ0n) is 17.4. The fourth-order valence-electron chi connectivity index (χ4n) is 3.87. The van der Waals surface area contributed by atoms with Crippen molar-refractivity contribution in [2.24, 2.45) is 0 Å². The van der Waals surface area contributed by atoms with Gasteiger partial charge >= 0.3 is 11.7 Å². The van der Waals surface area contributed by atoms with E-state index in [4.69, 9.17) is 9.15 Å². The van der Waals surface area contributed by atoms with Crippen LogP contribution in [0.5, 0.6) is 0 Å². The number of esters is 1. The average molecular weight is 461 g/mol. The molecule has 0 fully saturated rings. The molecule has 4 rings (SSSR count). The number of halogens is 1. The second-order valence-electron chi connectivity index (χ2n) is 7.60. The molecule has 9 nitrogen and oxygen atoms in total. The summed E-state index contributed by atoms with van der Waals surface area (Å²) in [6.45, 7) is 4.95. The highest BCUT2D eigenvalue weighted by Crippen LogP contribution is 2.36. The predicted molar refractivity (Wildman–Crippen MR) is 110 cm³/mol. The monoisotopic (exact) mass is 461 g/mol. The number of nitrogens with zero attached hydrogens (tertiary/aromatic N) is 1. The van der Waals surface area contributed by atoms with Crippen LogP contribution in [0.1, 0.15) is 57.4 Å². The molecule has 0 saturated heterocycles. The summed E-state index contributed by atoms with van der Waals surface area (Å²) in [5.74, 6) is -3.06. The first-order chi connectivity index (χ1) is 15.1. The van der Waals surface area contributed by atoms with Crippen molar-refractivity contribution in [2.45, 2.75) is 44.2 Å².